The number of halogens is 2. The third-order valence-electron chi connectivity index (χ3n) is 4.56. The average Bonchev–Trinajstić information content (AvgIpc) is 3.42. The molecule has 0 aliphatic carbocycles. The van der Waals surface area contributed by atoms with E-state index in [0.717, 1.165) is 0 Å². The van der Waals surface area contributed by atoms with Crippen LogP contribution in [0, 0.1) is 5.82 Å². The Bertz CT molecular complexity index is 1370. The minimum Gasteiger partial charge on any atom is -0.382 e. The molecule has 0 saturated carbocycles. The summed E-state index contributed by atoms with van der Waals surface area (Å²) in [6.07, 6.45) is 1.39. The lowest BCUT2D eigenvalue weighted by molar-refractivity contribution is 0.421. The number of nitrogens with zero attached hydrogens (tertiary/aromatic N) is 5. The maximum atomic E-state index is 14.2. The number of nitrogens with one attached hydrogen (secondary N) is 1. The number of benzene rings is 1. The predicted molar refractivity (Wildman–Crippen MR) is 121 cm³/mol. The van der Waals surface area contributed by atoms with E-state index in [-0.39, 0.29) is 52.8 Å². The van der Waals surface area contributed by atoms with Crippen LogP contribution >= 0.6 is 11.6 Å². The molecule has 1 aromatic carbocycles. The van der Waals surface area contributed by atoms with E-state index in [1.807, 2.05) is 0 Å². The fourth-order valence-electron chi connectivity index (χ4n) is 3.01. The third kappa shape index (κ3) is 4.88. The van der Waals surface area contributed by atoms with Crippen molar-refractivity contribution in [3.8, 4) is 22.9 Å². The second kappa shape index (κ2) is 9.03. The van der Waals surface area contributed by atoms with Gasteiger partial charge in [0.05, 0.1) is 18.0 Å². The molecule has 0 spiro atoms. The molecule has 0 aliphatic heterocycles. The van der Waals surface area contributed by atoms with Crippen LogP contribution in [0.2, 0.25) is 0 Å². The van der Waals surface area contributed by atoms with Gasteiger partial charge in [-0.1, -0.05) is 23.4 Å². The van der Waals surface area contributed by atoms with Gasteiger partial charge in [-0.3, -0.25) is 9.40 Å². The molecule has 0 amide bonds. The number of alkyl halides is 1. The summed E-state index contributed by atoms with van der Waals surface area (Å²) in [4.78, 5) is 8.28. The normalized spacial score (nSPS) is 11.6. The Morgan fingerprint density at radius 3 is 2.48 bits per heavy atom. The second-order valence-electron chi connectivity index (χ2n) is 6.85. The minimum atomic E-state index is -3.77. The van der Waals surface area contributed by atoms with Crippen LogP contribution in [0.5, 0.6) is 0 Å². The highest BCUT2D eigenvalue weighted by molar-refractivity contribution is 7.92. The van der Waals surface area contributed by atoms with Crippen LogP contribution in [0.3, 0.4) is 0 Å². The fraction of sp³-hybridized carbons (Fsp3) is 0.158. The lowest BCUT2D eigenvalue weighted by Crippen LogP contribution is -2.20. The molecule has 4 rings (SSSR count). The van der Waals surface area contributed by atoms with E-state index < -0.39 is 10.0 Å². The topological polar surface area (TPSA) is 168 Å². The van der Waals surface area contributed by atoms with Crippen LogP contribution in [0.25, 0.3) is 22.9 Å². The van der Waals surface area contributed by atoms with Gasteiger partial charge in [0, 0.05) is 17.5 Å². The molecule has 0 bridgehead atoms. The minimum absolute atomic E-state index is 0.0438. The molecule has 4 aromatic rings. The maximum Gasteiger partial charge on any atom is 0.234 e. The van der Waals surface area contributed by atoms with Gasteiger partial charge in [-0.2, -0.15) is 5.10 Å². The third-order valence-corrected chi connectivity index (χ3v) is 6.23. The maximum absolute atomic E-state index is 14.2. The fourth-order valence-corrected chi connectivity index (χ4v) is 4.44. The summed E-state index contributed by atoms with van der Waals surface area (Å²) < 4.78 is 46.9. The monoisotopic (exact) mass is 492 g/mol. The molecule has 3 heterocycles. The molecule has 11 nitrogen and oxygen atoms in total. The Morgan fingerprint density at radius 2 is 1.85 bits per heavy atom. The molecular weight excluding hydrogens is 475 g/mol. The molecule has 0 aliphatic rings. The van der Waals surface area contributed by atoms with E-state index in [1.165, 1.54) is 17.0 Å². The Morgan fingerprint density at radius 1 is 1.12 bits per heavy atom. The van der Waals surface area contributed by atoms with Crippen molar-refractivity contribution in [2.75, 3.05) is 27.8 Å². The van der Waals surface area contributed by atoms with Gasteiger partial charge >= 0.3 is 0 Å². The molecule has 14 heteroatoms. The summed E-state index contributed by atoms with van der Waals surface area (Å²) in [7, 11) is -3.77. The van der Waals surface area contributed by atoms with E-state index in [4.69, 9.17) is 27.6 Å². The zero-order valence-electron chi connectivity index (χ0n) is 16.9. The van der Waals surface area contributed by atoms with Crippen molar-refractivity contribution in [1.82, 2.24) is 24.9 Å². The number of rotatable bonds is 8. The summed E-state index contributed by atoms with van der Waals surface area (Å²) in [5.74, 6) is -1.18. The number of hydrogen-bond donors (Lipinski definition) is 3. The van der Waals surface area contributed by atoms with E-state index in [1.54, 1.807) is 30.3 Å². The second-order valence-corrected chi connectivity index (χ2v) is 9.07. The van der Waals surface area contributed by atoms with E-state index >= 15 is 0 Å². The molecule has 172 valence electrons. The van der Waals surface area contributed by atoms with Crippen molar-refractivity contribution in [3.63, 3.8) is 0 Å². The van der Waals surface area contributed by atoms with Gasteiger partial charge in [0.1, 0.15) is 29.2 Å². The van der Waals surface area contributed by atoms with Crippen molar-refractivity contribution in [1.29, 1.82) is 0 Å². The standard InChI is InChI=1S/C19H18ClFN8O3S/c20-6-8-33(30,31)28-16-17(22)24-19(25-18(16)23)14-9-15(13-5-7-32-27-13)29(26-14)10-11-3-1-2-4-12(11)21/h1-5,7,9,28H,6,8,10H2,(H4,22,23,24,25). The van der Waals surface area contributed by atoms with E-state index in [9.17, 15) is 12.8 Å². The summed E-state index contributed by atoms with van der Waals surface area (Å²) >= 11 is 5.51. The van der Waals surface area contributed by atoms with Crippen molar-refractivity contribution in [2.45, 2.75) is 6.54 Å². The molecule has 0 fully saturated rings. The molecule has 0 unspecified atom stereocenters. The van der Waals surface area contributed by atoms with Gasteiger partial charge in [-0.15, -0.1) is 11.6 Å². The summed E-state index contributed by atoms with van der Waals surface area (Å²) in [6.45, 7) is 0.0934. The molecule has 33 heavy (non-hydrogen) atoms. The lowest BCUT2D eigenvalue weighted by Gasteiger charge is -2.11. The first-order valence-corrected chi connectivity index (χ1v) is 11.7. The van der Waals surface area contributed by atoms with Crippen molar-refractivity contribution in [3.05, 3.63) is 54.0 Å². The number of anilines is 3. The largest absolute Gasteiger partial charge is 0.382 e. The van der Waals surface area contributed by atoms with Crippen LogP contribution in [0.1, 0.15) is 5.56 Å². The summed E-state index contributed by atoms with van der Waals surface area (Å²) in [5, 5.41) is 8.38. The number of hydrogen-bond acceptors (Lipinski definition) is 9. The summed E-state index contributed by atoms with van der Waals surface area (Å²) in [6, 6.07) is 9.53. The Kier molecular flexibility index (Phi) is 6.16. The molecule has 3 aromatic heterocycles. The number of nitrogens with two attached hydrogens (primary N) is 2. The SMILES string of the molecule is Nc1nc(-c2cc(-c3ccon3)n(Cc3ccccc3F)n2)nc(N)c1NS(=O)(=O)CCCl. The van der Waals surface area contributed by atoms with Gasteiger partial charge < -0.3 is 16.0 Å². The van der Waals surface area contributed by atoms with Gasteiger partial charge in [0.25, 0.3) is 0 Å². The highest BCUT2D eigenvalue weighted by Gasteiger charge is 2.21. The summed E-state index contributed by atoms with van der Waals surface area (Å²) in [5.41, 5.74) is 13.4. The van der Waals surface area contributed by atoms with Crippen LogP contribution < -0.4 is 16.2 Å². The smallest absolute Gasteiger partial charge is 0.234 e. The molecular formula is C19H18ClFN8O3S. The highest BCUT2D eigenvalue weighted by atomic mass is 35.5. The van der Waals surface area contributed by atoms with Crippen LogP contribution in [-0.2, 0) is 16.6 Å². The van der Waals surface area contributed by atoms with E-state index in [2.05, 4.69) is 24.9 Å². The van der Waals surface area contributed by atoms with Gasteiger partial charge in [-0.25, -0.2) is 22.8 Å². The number of sulfonamides is 1. The average molecular weight is 493 g/mol. The van der Waals surface area contributed by atoms with Crippen LogP contribution in [0.4, 0.5) is 21.7 Å². The quantitative estimate of drug-likeness (QED) is 0.312. The molecule has 0 atom stereocenters. The zero-order chi connectivity index (χ0) is 23.6. The predicted octanol–water partition coefficient (Wildman–Crippen LogP) is 2.33. The number of nitrogen functional groups attached to an aromatic ring is 2. The Hall–Kier alpha value is -3.71. The van der Waals surface area contributed by atoms with Crippen LogP contribution in [-0.4, -0.2) is 45.0 Å². The van der Waals surface area contributed by atoms with Crippen LogP contribution in [0.15, 0.2) is 47.2 Å². The molecule has 0 saturated heterocycles. The van der Waals surface area contributed by atoms with Crippen molar-refractivity contribution in [2.24, 2.45) is 0 Å². The lowest BCUT2D eigenvalue weighted by atomic mass is 10.2. The highest BCUT2D eigenvalue weighted by Crippen LogP contribution is 2.30. The first kappa shape index (κ1) is 22.5. The zero-order valence-corrected chi connectivity index (χ0v) is 18.5. The first-order chi connectivity index (χ1) is 15.8. The van der Waals surface area contributed by atoms with Gasteiger partial charge in [-0.05, 0) is 12.1 Å². The van der Waals surface area contributed by atoms with Gasteiger partial charge in [0.15, 0.2) is 17.5 Å². The molecule has 0 radical (unpaired) electrons. The van der Waals surface area contributed by atoms with Crippen molar-refractivity contribution < 1.29 is 17.3 Å². The first-order valence-electron chi connectivity index (χ1n) is 9.49. The Labute approximate surface area is 192 Å². The Balaban J connectivity index is 1.74. The van der Waals surface area contributed by atoms with Gasteiger partial charge in [0.2, 0.25) is 10.0 Å². The molecule has 5 N–H and O–H groups in total. The van der Waals surface area contributed by atoms with Crippen molar-refractivity contribution >= 4 is 38.9 Å². The number of aromatic nitrogens is 5. The van der Waals surface area contributed by atoms with E-state index in [0.29, 0.717) is 17.0 Å².